The summed E-state index contributed by atoms with van der Waals surface area (Å²) in [6, 6.07) is 7.16. The van der Waals surface area contributed by atoms with Gasteiger partial charge < -0.3 is 5.32 Å². The summed E-state index contributed by atoms with van der Waals surface area (Å²) in [6.07, 6.45) is 4.65. The van der Waals surface area contributed by atoms with Crippen molar-refractivity contribution in [2.24, 2.45) is 0 Å². The van der Waals surface area contributed by atoms with Gasteiger partial charge in [-0.05, 0) is 31.4 Å². The van der Waals surface area contributed by atoms with E-state index in [1.54, 1.807) is 11.3 Å². The van der Waals surface area contributed by atoms with E-state index in [1.165, 1.54) is 28.8 Å². The van der Waals surface area contributed by atoms with Gasteiger partial charge in [0.15, 0.2) is 0 Å². The molecule has 1 aliphatic rings. The van der Waals surface area contributed by atoms with E-state index in [2.05, 4.69) is 51.4 Å². The molecule has 2 aromatic rings. The minimum atomic E-state index is 0.754. The van der Waals surface area contributed by atoms with Crippen molar-refractivity contribution in [1.29, 1.82) is 0 Å². The summed E-state index contributed by atoms with van der Waals surface area (Å²) in [4.78, 5) is 5.83. The third kappa shape index (κ3) is 2.82. The Labute approximate surface area is 120 Å². The van der Waals surface area contributed by atoms with Gasteiger partial charge >= 0.3 is 0 Å². The highest BCUT2D eigenvalue weighted by Crippen LogP contribution is 2.29. The molecule has 2 nitrogen and oxygen atoms in total. The fourth-order valence-electron chi connectivity index (χ4n) is 1.78. The van der Waals surface area contributed by atoms with Crippen molar-refractivity contribution in [3.8, 4) is 10.6 Å². The highest BCUT2D eigenvalue weighted by molar-refractivity contribution is 9.10. The Hall–Kier alpha value is -0.710. The van der Waals surface area contributed by atoms with E-state index in [4.69, 9.17) is 0 Å². The first-order valence-corrected chi connectivity index (χ1v) is 7.78. The largest absolute Gasteiger partial charge is 0.309 e. The molecule has 0 spiro atoms. The fourth-order valence-corrected chi connectivity index (χ4v) is 3.02. The van der Waals surface area contributed by atoms with Crippen LogP contribution in [-0.4, -0.2) is 11.0 Å². The molecule has 1 aromatic heterocycles. The van der Waals surface area contributed by atoms with Gasteiger partial charge in [0.25, 0.3) is 0 Å². The number of aryl methyl sites for hydroxylation is 1. The van der Waals surface area contributed by atoms with Crippen LogP contribution in [-0.2, 0) is 6.54 Å². The zero-order chi connectivity index (χ0) is 12.5. The lowest BCUT2D eigenvalue weighted by molar-refractivity contribution is 0.694. The zero-order valence-corrected chi connectivity index (χ0v) is 12.6. The molecule has 1 saturated carbocycles. The van der Waals surface area contributed by atoms with Crippen LogP contribution in [0.25, 0.3) is 10.6 Å². The molecule has 0 unspecified atom stereocenters. The molecule has 3 rings (SSSR count). The second kappa shape index (κ2) is 5.11. The molecule has 1 aromatic carbocycles. The molecule has 0 radical (unpaired) electrons. The molecule has 1 heterocycles. The van der Waals surface area contributed by atoms with Crippen molar-refractivity contribution in [2.75, 3.05) is 0 Å². The number of aromatic nitrogens is 1. The van der Waals surface area contributed by atoms with Gasteiger partial charge in [0, 0.05) is 33.7 Å². The number of hydrogen-bond donors (Lipinski definition) is 1. The van der Waals surface area contributed by atoms with Gasteiger partial charge in [0.1, 0.15) is 5.01 Å². The quantitative estimate of drug-likeness (QED) is 0.915. The summed E-state index contributed by atoms with van der Waals surface area (Å²) in [5.41, 5.74) is 2.45. The first kappa shape index (κ1) is 12.3. The number of nitrogens with one attached hydrogen (secondary N) is 1. The predicted octanol–water partition coefficient (Wildman–Crippen LogP) is 4.13. The van der Waals surface area contributed by atoms with E-state index < -0.39 is 0 Å². The number of halogens is 1. The first-order chi connectivity index (χ1) is 8.72. The van der Waals surface area contributed by atoms with E-state index >= 15 is 0 Å². The standard InChI is InChI=1S/C14H15BrN2S/c1-9-2-3-10(6-13(9)15)14-17-8-12(18-14)7-16-11-4-5-11/h2-3,6,8,11,16H,4-5,7H2,1H3. The number of hydrogen-bond acceptors (Lipinski definition) is 3. The Morgan fingerprint density at radius 1 is 1.44 bits per heavy atom. The maximum absolute atomic E-state index is 4.51. The van der Waals surface area contributed by atoms with Gasteiger partial charge in [-0.3, -0.25) is 0 Å². The monoisotopic (exact) mass is 322 g/mol. The van der Waals surface area contributed by atoms with Crippen LogP contribution in [0.3, 0.4) is 0 Å². The second-order valence-corrected chi connectivity index (χ2v) is 6.72. The molecule has 1 N–H and O–H groups in total. The van der Waals surface area contributed by atoms with Crippen LogP contribution in [0.5, 0.6) is 0 Å². The third-order valence-corrected chi connectivity index (χ3v) is 5.02. The summed E-state index contributed by atoms with van der Waals surface area (Å²) < 4.78 is 1.15. The van der Waals surface area contributed by atoms with Crippen molar-refractivity contribution in [3.63, 3.8) is 0 Å². The molecule has 0 atom stereocenters. The average molecular weight is 323 g/mol. The van der Waals surface area contributed by atoms with Crippen LogP contribution < -0.4 is 5.32 Å². The molecule has 4 heteroatoms. The Kier molecular flexibility index (Phi) is 3.50. The Morgan fingerprint density at radius 2 is 2.28 bits per heavy atom. The minimum Gasteiger partial charge on any atom is -0.309 e. The molecule has 1 aliphatic carbocycles. The lowest BCUT2D eigenvalue weighted by Gasteiger charge is -2.01. The predicted molar refractivity (Wildman–Crippen MR) is 79.8 cm³/mol. The molecule has 0 aliphatic heterocycles. The topological polar surface area (TPSA) is 24.9 Å². The first-order valence-electron chi connectivity index (χ1n) is 6.17. The van der Waals surface area contributed by atoms with Gasteiger partial charge in [-0.25, -0.2) is 4.98 Å². The lowest BCUT2D eigenvalue weighted by Crippen LogP contribution is -2.14. The highest BCUT2D eigenvalue weighted by atomic mass is 79.9. The van der Waals surface area contributed by atoms with Gasteiger partial charge in [-0.1, -0.05) is 28.1 Å². The van der Waals surface area contributed by atoms with Gasteiger partial charge in [-0.15, -0.1) is 11.3 Å². The van der Waals surface area contributed by atoms with Crippen molar-refractivity contribution in [3.05, 3.63) is 39.3 Å². The summed E-state index contributed by atoms with van der Waals surface area (Å²) >= 11 is 5.35. The second-order valence-electron chi connectivity index (χ2n) is 4.75. The summed E-state index contributed by atoms with van der Waals surface area (Å²) in [5, 5.41) is 4.62. The summed E-state index contributed by atoms with van der Waals surface area (Å²) in [7, 11) is 0. The number of nitrogens with zero attached hydrogens (tertiary/aromatic N) is 1. The molecule has 18 heavy (non-hydrogen) atoms. The molecular weight excluding hydrogens is 308 g/mol. The summed E-state index contributed by atoms with van der Waals surface area (Å²) in [5.74, 6) is 0. The maximum Gasteiger partial charge on any atom is 0.123 e. The molecule has 94 valence electrons. The van der Waals surface area contributed by atoms with Gasteiger partial charge in [0.2, 0.25) is 0 Å². The zero-order valence-electron chi connectivity index (χ0n) is 10.2. The maximum atomic E-state index is 4.51. The van der Waals surface area contributed by atoms with Crippen molar-refractivity contribution in [1.82, 2.24) is 10.3 Å². The fraction of sp³-hybridized carbons (Fsp3) is 0.357. The SMILES string of the molecule is Cc1ccc(-c2ncc(CNC3CC3)s2)cc1Br. The lowest BCUT2D eigenvalue weighted by atomic mass is 10.2. The average Bonchev–Trinajstić information content (AvgIpc) is 3.08. The van der Waals surface area contributed by atoms with E-state index in [1.807, 2.05) is 6.20 Å². The Morgan fingerprint density at radius 3 is 3.00 bits per heavy atom. The van der Waals surface area contributed by atoms with Crippen LogP contribution in [0.15, 0.2) is 28.9 Å². The van der Waals surface area contributed by atoms with Crippen molar-refractivity contribution in [2.45, 2.75) is 32.4 Å². The number of benzene rings is 1. The van der Waals surface area contributed by atoms with E-state index in [0.717, 1.165) is 22.1 Å². The number of rotatable bonds is 4. The highest BCUT2D eigenvalue weighted by Gasteiger charge is 2.20. The van der Waals surface area contributed by atoms with Crippen LogP contribution in [0, 0.1) is 6.92 Å². The van der Waals surface area contributed by atoms with Crippen LogP contribution in [0.4, 0.5) is 0 Å². The van der Waals surface area contributed by atoms with Crippen LogP contribution >= 0.6 is 27.3 Å². The van der Waals surface area contributed by atoms with E-state index in [-0.39, 0.29) is 0 Å². The molecule has 0 amide bonds. The van der Waals surface area contributed by atoms with E-state index in [9.17, 15) is 0 Å². The van der Waals surface area contributed by atoms with Crippen LogP contribution in [0.1, 0.15) is 23.3 Å². The van der Waals surface area contributed by atoms with Crippen molar-refractivity contribution < 1.29 is 0 Å². The molecule has 0 saturated heterocycles. The molecule has 1 fully saturated rings. The van der Waals surface area contributed by atoms with Crippen molar-refractivity contribution >= 4 is 27.3 Å². The summed E-state index contributed by atoms with van der Waals surface area (Å²) in [6.45, 7) is 3.05. The Balaban J connectivity index is 1.76. The minimum absolute atomic E-state index is 0.754. The smallest absolute Gasteiger partial charge is 0.123 e. The Bertz CT molecular complexity index is 561. The molecule has 0 bridgehead atoms. The van der Waals surface area contributed by atoms with Gasteiger partial charge in [-0.2, -0.15) is 0 Å². The van der Waals surface area contributed by atoms with Crippen LogP contribution in [0.2, 0.25) is 0 Å². The normalized spacial score (nSPS) is 15.0. The van der Waals surface area contributed by atoms with E-state index in [0.29, 0.717) is 0 Å². The van der Waals surface area contributed by atoms with Gasteiger partial charge in [0.05, 0.1) is 0 Å². The number of thiazole rings is 1. The molecular formula is C14H15BrN2S. The third-order valence-electron chi connectivity index (χ3n) is 3.11.